The number of rotatable bonds is 5. The molecule has 7 heteroatoms. The van der Waals surface area contributed by atoms with Crippen molar-refractivity contribution in [3.8, 4) is 11.5 Å². The number of nitro groups is 1. The summed E-state index contributed by atoms with van der Waals surface area (Å²) >= 11 is 0. The van der Waals surface area contributed by atoms with E-state index in [1.54, 1.807) is 0 Å². The molecule has 118 valence electrons. The number of methoxy groups -OCH3 is 1. The van der Waals surface area contributed by atoms with Crippen LogP contribution in [-0.2, 0) is 9.53 Å². The summed E-state index contributed by atoms with van der Waals surface area (Å²) in [5, 5.41) is 11.2. The van der Waals surface area contributed by atoms with Crippen molar-refractivity contribution < 1.29 is 23.6 Å². The highest BCUT2D eigenvalue weighted by molar-refractivity contribution is 5.87. The van der Waals surface area contributed by atoms with E-state index in [1.807, 2.05) is 0 Å². The summed E-state index contributed by atoms with van der Waals surface area (Å²) in [6.45, 7) is 0. The van der Waals surface area contributed by atoms with Crippen LogP contribution >= 0.6 is 0 Å². The van der Waals surface area contributed by atoms with Crippen molar-refractivity contribution in [1.82, 2.24) is 0 Å². The van der Waals surface area contributed by atoms with Gasteiger partial charge in [-0.25, -0.2) is 9.18 Å². The van der Waals surface area contributed by atoms with Crippen molar-refractivity contribution in [3.05, 3.63) is 70.0 Å². The van der Waals surface area contributed by atoms with Gasteiger partial charge in [0.05, 0.1) is 12.0 Å². The van der Waals surface area contributed by atoms with Crippen LogP contribution in [0.5, 0.6) is 11.5 Å². The molecule has 0 saturated heterocycles. The quantitative estimate of drug-likeness (QED) is 0.363. The Morgan fingerprint density at radius 3 is 2.70 bits per heavy atom. The molecule has 0 aliphatic carbocycles. The van der Waals surface area contributed by atoms with Crippen molar-refractivity contribution >= 4 is 17.7 Å². The number of carbonyl (C=O) groups excluding carboxylic acids is 1. The van der Waals surface area contributed by atoms with Crippen molar-refractivity contribution in [2.24, 2.45) is 0 Å². The van der Waals surface area contributed by atoms with Gasteiger partial charge < -0.3 is 9.47 Å². The standard InChI is InChI=1S/C16H12FNO5/c1-22-16(19)8-6-11-5-7-15(14(9-11)18(20)21)23-13-4-2-3-12(17)10-13/h2-10H,1H3. The number of nitro benzene ring substituents is 1. The lowest BCUT2D eigenvalue weighted by Crippen LogP contribution is -1.95. The van der Waals surface area contributed by atoms with Gasteiger partial charge >= 0.3 is 11.7 Å². The number of ether oxygens (including phenoxy) is 2. The third kappa shape index (κ3) is 4.37. The molecule has 0 aromatic heterocycles. The second-order valence-electron chi connectivity index (χ2n) is 4.40. The van der Waals surface area contributed by atoms with E-state index in [9.17, 15) is 19.3 Å². The van der Waals surface area contributed by atoms with Crippen LogP contribution < -0.4 is 4.74 Å². The van der Waals surface area contributed by atoms with E-state index in [2.05, 4.69) is 4.74 Å². The summed E-state index contributed by atoms with van der Waals surface area (Å²) < 4.78 is 22.9. The van der Waals surface area contributed by atoms with Gasteiger partial charge in [0.2, 0.25) is 5.75 Å². The second kappa shape index (κ2) is 7.17. The van der Waals surface area contributed by atoms with Gasteiger partial charge in [-0.05, 0) is 29.8 Å². The minimum atomic E-state index is -0.621. The highest BCUT2D eigenvalue weighted by atomic mass is 19.1. The fourth-order valence-corrected chi connectivity index (χ4v) is 1.76. The van der Waals surface area contributed by atoms with Crippen LogP contribution in [-0.4, -0.2) is 18.0 Å². The van der Waals surface area contributed by atoms with Crippen LogP contribution in [0.2, 0.25) is 0 Å². The third-order valence-corrected chi connectivity index (χ3v) is 2.82. The molecule has 0 amide bonds. The fraction of sp³-hybridized carbons (Fsp3) is 0.0625. The Bertz CT molecular complexity index is 773. The maximum absolute atomic E-state index is 13.1. The molecule has 0 aliphatic heterocycles. The van der Waals surface area contributed by atoms with E-state index in [1.165, 1.54) is 49.6 Å². The highest BCUT2D eigenvalue weighted by Crippen LogP contribution is 2.32. The van der Waals surface area contributed by atoms with E-state index in [4.69, 9.17) is 4.74 Å². The fourth-order valence-electron chi connectivity index (χ4n) is 1.76. The summed E-state index contributed by atoms with van der Waals surface area (Å²) in [4.78, 5) is 21.6. The lowest BCUT2D eigenvalue weighted by Gasteiger charge is -2.07. The van der Waals surface area contributed by atoms with Crippen LogP contribution in [0.1, 0.15) is 5.56 Å². The van der Waals surface area contributed by atoms with E-state index >= 15 is 0 Å². The lowest BCUT2D eigenvalue weighted by atomic mass is 10.1. The molecule has 0 atom stereocenters. The maximum atomic E-state index is 13.1. The number of hydrogen-bond acceptors (Lipinski definition) is 5. The molecule has 0 saturated carbocycles. The topological polar surface area (TPSA) is 78.7 Å². The molecule has 0 spiro atoms. The maximum Gasteiger partial charge on any atom is 0.330 e. The minimum Gasteiger partial charge on any atom is -0.466 e. The minimum absolute atomic E-state index is 0.0316. The zero-order valence-corrected chi connectivity index (χ0v) is 12.1. The normalized spacial score (nSPS) is 10.5. The number of esters is 1. The summed E-state index contributed by atoms with van der Waals surface area (Å²) in [6.07, 6.45) is 2.52. The number of benzene rings is 2. The Hall–Kier alpha value is -3.22. The first-order valence-corrected chi connectivity index (χ1v) is 6.47. The Morgan fingerprint density at radius 1 is 1.26 bits per heavy atom. The average molecular weight is 317 g/mol. The van der Waals surface area contributed by atoms with Crippen molar-refractivity contribution in [1.29, 1.82) is 0 Å². The van der Waals surface area contributed by atoms with Crippen LogP contribution in [0.4, 0.5) is 10.1 Å². The number of carbonyl (C=O) groups is 1. The van der Waals surface area contributed by atoms with Gasteiger partial charge in [-0.1, -0.05) is 12.1 Å². The number of halogens is 1. The zero-order valence-electron chi connectivity index (χ0n) is 12.1. The molecule has 0 radical (unpaired) electrons. The first-order chi connectivity index (χ1) is 11.0. The number of hydrogen-bond donors (Lipinski definition) is 0. The Kier molecular flexibility index (Phi) is 5.03. The molecule has 2 aromatic rings. The van der Waals surface area contributed by atoms with Gasteiger partial charge in [0.1, 0.15) is 11.6 Å². The van der Waals surface area contributed by atoms with Crippen LogP contribution in [0, 0.1) is 15.9 Å². The van der Waals surface area contributed by atoms with E-state index in [-0.39, 0.29) is 17.2 Å². The van der Waals surface area contributed by atoms with Crippen molar-refractivity contribution in [2.75, 3.05) is 7.11 Å². The predicted molar refractivity (Wildman–Crippen MR) is 80.6 cm³/mol. The molecule has 23 heavy (non-hydrogen) atoms. The predicted octanol–water partition coefficient (Wildman–Crippen LogP) is 3.71. The third-order valence-electron chi connectivity index (χ3n) is 2.82. The molecule has 0 N–H and O–H groups in total. The molecular formula is C16H12FNO5. The molecule has 6 nitrogen and oxygen atoms in total. The van der Waals surface area contributed by atoms with Crippen LogP contribution in [0.3, 0.4) is 0 Å². The van der Waals surface area contributed by atoms with Gasteiger partial charge in [-0.2, -0.15) is 0 Å². The average Bonchev–Trinajstić information content (AvgIpc) is 2.53. The Balaban J connectivity index is 2.31. The summed E-state index contributed by atoms with van der Waals surface area (Å²) in [5.41, 5.74) is 0.120. The van der Waals surface area contributed by atoms with Gasteiger partial charge in [0, 0.05) is 18.2 Å². The van der Waals surface area contributed by atoms with Crippen molar-refractivity contribution in [3.63, 3.8) is 0 Å². The molecule has 0 aliphatic rings. The van der Waals surface area contributed by atoms with Crippen LogP contribution in [0.25, 0.3) is 6.08 Å². The Morgan fingerprint density at radius 2 is 2.04 bits per heavy atom. The van der Waals surface area contributed by atoms with E-state index in [0.717, 1.165) is 12.1 Å². The summed E-state index contributed by atoms with van der Waals surface area (Å²) in [7, 11) is 1.23. The van der Waals surface area contributed by atoms with Crippen LogP contribution in [0.15, 0.2) is 48.5 Å². The monoisotopic (exact) mass is 317 g/mol. The van der Waals surface area contributed by atoms with Gasteiger partial charge in [-0.15, -0.1) is 0 Å². The SMILES string of the molecule is COC(=O)C=Cc1ccc(Oc2cccc(F)c2)c([N+](=O)[O-])c1. The molecule has 0 fully saturated rings. The molecule has 0 heterocycles. The van der Waals surface area contributed by atoms with Gasteiger partial charge in [0.15, 0.2) is 0 Å². The van der Waals surface area contributed by atoms with Gasteiger partial charge in [-0.3, -0.25) is 10.1 Å². The molecule has 2 aromatic carbocycles. The highest BCUT2D eigenvalue weighted by Gasteiger charge is 2.16. The Labute approximate surface area is 130 Å². The largest absolute Gasteiger partial charge is 0.466 e. The molecule has 2 rings (SSSR count). The van der Waals surface area contributed by atoms with E-state index in [0.29, 0.717) is 5.56 Å². The van der Waals surface area contributed by atoms with Crippen molar-refractivity contribution in [2.45, 2.75) is 0 Å². The van der Waals surface area contributed by atoms with Gasteiger partial charge in [0.25, 0.3) is 0 Å². The number of nitrogens with zero attached hydrogens (tertiary/aromatic N) is 1. The first-order valence-electron chi connectivity index (χ1n) is 6.47. The first kappa shape index (κ1) is 16.2. The lowest BCUT2D eigenvalue weighted by molar-refractivity contribution is -0.385. The smallest absolute Gasteiger partial charge is 0.330 e. The van der Waals surface area contributed by atoms with E-state index < -0.39 is 16.7 Å². The zero-order chi connectivity index (χ0) is 16.8. The summed E-state index contributed by atoms with van der Waals surface area (Å²) in [6, 6.07) is 9.42. The molecular weight excluding hydrogens is 305 g/mol. The molecule has 0 bridgehead atoms. The second-order valence-corrected chi connectivity index (χ2v) is 4.40. The molecule has 0 unspecified atom stereocenters. The summed E-state index contributed by atoms with van der Waals surface area (Å²) in [5.74, 6) is -0.975.